The molecule has 0 spiro atoms. The van der Waals surface area contributed by atoms with Gasteiger partial charge in [0.2, 0.25) is 0 Å². The number of hydrogen-bond donors (Lipinski definition) is 1. The van der Waals surface area contributed by atoms with E-state index < -0.39 is 0 Å². The molecule has 0 fully saturated rings. The summed E-state index contributed by atoms with van der Waals surface area (Å²) >= 11 is 0. The number of carbonyl (C=O) groups excluding carboxylic acids is 1. The lowest BCUT2D eigenvalue weighted by Crippen LogP contribution is -2.12. The number of fused-ring (bicyclic) bond motifs is 1. The van der Waals surface area contributed by atoms with Gasteiger partial charge < -0.3 is 10.2 Å². The molecule has 2 aromatic rings. The van der Waals surface area contributed by atoms with Crippen molar-refractivity contribution in [3.8, 4) is 0 Å². The van der Waals surface area contributed by atoms with Crippen molar-refractivity contribution in [2.24, 2.45) is 11.7 Å². The van der Waals surface area contributed by atoms with Crippen LogP contribution < -0.4 is 5.73 Å². The average molecular weight is 245 g/mol. The Labute approximate surface area is 107 Å². The fourth-order valence-corrected chi connectivity index (χ4v) is 1.92. The molecule has 96 valence electrons. The largest absolute Gasteiger partial charge is 0.453 e. The summed E-state index contributed by atoms with van der Waals surface area (Å²) in [5.41, 5.74) is 7.48. The van der Waals surface area contributed by atoms with Gasteiger partial charge in [-0.05, 0) is 44.0 Å². The monoisotopic (exact) mass is 245 g/mol. The minimum atomic E-state index is 0.0594. The van der Waals surface area contributed by atoms with Gasteiger partial charge in [-0.2, -0.15) is 0 Å². The average Bonchev–Trinajstić information content (AvgIpc) is 2.78. The molecule has 1 atom stereocenters. The van der Waals surface area contributed by atoms with Crippen molar-refractivity contribution >= 4 is 16.8 Å². The van der Waals surface area contributed by atoms with Crippen LogP contribution in [0.3, 0.4) is 0 Å². The van der Waals surface area contributed by atoms with Gasteiger partial charge in [-0.15, -0.1) is 0 Å². The minimum Gasteiger partial charge on any atom is -0.453 e. The standard InChI is InChI=1S/C15H19NO2/c1-10-4-6-14-12(7-10)8-15(18-14)13(17)5-3-11(2)9-16/h4,6-8,11H,3,5,9,16H2,1-2H3. The second kappa shape index (κ2) is 5.36. The second-order valence-corrected chi connectivity index (χ2v) is 4.95. The van der Waals surface area contributed by atoms with Gasteiger partial charge in [0.1, 0.15) is 5.58 Å². The topological polar surface area (TPSA) is 56.2 Å². The normalized spacial score (nSPS) is 12.8. The third kappa shape index (κ3) is 2.79. The number of hydrogen-bond acceptors (Lipinski definition) is 3. The summed E-state index contributed by atoms with van der Waals surface area (Å²) in [6.07, 6.45) is 1.31. The summed E-state index contributed by atoms with van der Waals surface area (Å²) in [4.78, 5) is 12.0. The summed E-state index contributed by atoms with van der Waals surface area (Å²) in [5, 5.41) is 0.991. The van der Waals surface area contributed by atoms with Gasteiger partial charge in [0.25, 0.3) is 0 Å². The van der Waals surface area contributed by atoms with Gasteiger partial charge in [-0.3, -0.25) is 4.79 Å². The predicted molar refractivity (Wildman–Crippen MR) is 72.7 cm³/mol. The minimum absolute atomic E-state index is 0.0594. The van der Waals surface area contributed by atoms with Crippen LogP contribution in [0.4, 0.5) is 0 Å². The van der Waals surface area contributed by atoms with Crippen LogP contribution in [-0.2, 0) is 0 Å². The van der Waals surface area contributed by atoms with Crippen LogP contribution in [0.1, 0.15) is 35.9 Å². The molecule has 0 radical (unpaired) electrons. The molecule has 1 aromatic carbocycles. The molecule has 18 heavy (non-hydrogen) atoms. The van der Waals surface area contributed by atoms with Crippen LogP contribution in [0.5, 0.6) is 0 Å². The van der Waals surface area contributed by atoms with E-state index in [1.807, 2.05) is 31.2 Å². The zero-order valence-electron chi connectivity index (χ0n) is 10.9. The molecule has 0 amide bonds. The molecular formula is C15H19NO2. The van der Waals surface area contributed by atoms with Crippen molar-refractivity contribution in [1.82, 2.24) is 0 Å². The molecule has 0 aliphatic heterocycles. The van der Waals surface area contributed by atoms with E-state index in [2.05, 4.69) is 6.92 Å². The predicted octanol–water partition coefficient (Wildman–Crippen LogP) is 3.30. The van der Waals surface area contributed by atoms with E-state index in [0.29, 0.717) is 24.6 Å². The van der Waals surface area contributed by atoms with Crippen molar-refractivity contribution in [2.75, 3.05) is 6.54 Å². The van der Waals surface area contributed by atoms with Crippen LogP contribution in [0.2, 0.25) is 0 Å². The molecule has 1 unspecified atom stereocenters. The summed E-state index contributed by atoms with van der Waals surface area (Å²) in [6.45, 7) is 4.69. The quantitative estimate of drug-likeness (QED) is 0.822. The van der Waals surface area contributed by atoms with Crippen LogP contribution >= 0.6 is 0 Å². The maximum absolute atomic E-state index is 12.0. The first-order valence-corrected chi connectivity index (χ1v) is 6.33. The molecular weight excluding hydrogens is 226 g/mol. The SMILES string of the molecule is Cc1ccc2oc(C(=O)CCC(C)CN)cc2c1. The van der Waals surface area contributed by atoms with Gasteiger partial charge in [0.05, 0.1) is 0 Å². The molecule has 3 nitrogen and oxygen atoms in total. The molecule has 0 saturated carbocycles. The number of aryl methyl sites for hydroxylation is 1. The summed E-state index contributed by atoms with van der Waals surface area (Å²) < 4.78 is 5.57. The Morgan fingerprint density at radius 2 is 2.17 bits per heavy atom. The fraction of sp³-hybridized carbons (Fsp3) is 0.400. The molecule has 0 bridgehead atoms. The highest BCUT2D eigenvalue weighted by Crippen LogP contribution is 2.22. The highest BCUT2D eigenvalue weighted by molar-refractivity contribution is 5.97. The molecule has 0 aliphatic rings. The first-order valence-electron chi connectivity index (χ1n) is 6.33. The van der Waals surface area contributed by atoms with Gasteiger partial charge in [0.15, 0.2) is 11.5 Å². The Hall–Kier alpha value is -1.61. The van der Waals surface area contributed by atoms with E-state index >= 15 is 0 Å². The number of rotatable bonds is 5. The molecule has 0 saturated heterocycles. The molecule has 0 aliphatic carbocycles. The Morgan fingerprint density at radius 3 is 2.89 bits per heavy atom. The first-order chi connectivity index (χ1) is 8.60. The van der Waals surface area contributed by atoms with Gasteiger partial charge in [-0.25, -0.2) is 0 Å². The molecule has 3 heteroatoms. The van der Waals surface area contributed by atoms with Crippen LogP contribution in [-0.4, -0.2) is 12.3 Å². The number of Topliss-reactive ketones (excluding diaryl/α,β-unsaturated/α-hetero) is 1. The highest BCUT2D eigenvalue weighted by atomic mass is 16.3. The van der Waals surface area contributed by atoms with Crippen molar-refractivity contribution < 1.29 is 9.21 Å². The van der Waals surface area contributed by atoms with Crippen LogP contribution in [0, 0.1) is 12.8 Å². The lowest BCUT2D eigenvalue weighted by molar-refractivity contribution is 0.0950. The Balaban J connectivity index is 2.13. The van der Waals surface area contributed by atoms with Crippen LogP contribution in [0.25, 0.3) is 11.0 Å². The lowest BCUT2D eigenvalue weighted by atomic mass is 10.0. The number of carbonyl (C=O) groups is 1. The van der Waals surface area contributed by atoms with E-state index in [0.717, 1.165) is 17.4 Å². The van der Waals surface area contributed by atoms with E-state index in [1.54, 1.807) is 0 Å². The molecule has 1 aromatic heterocycles. The van der Waals surface area contributed by atoms with Crippen LogP contribution in [0.15, 0.2) is 28.7 Å². The van der Waals surface area contributed by atoms with E-state index in [4.69, 9.17) is 10.2 Å². The number of benzene rings is 1. The molecule has 2 rings (SSSR count). The number of nitrogens with two attached hydrogens (primary N) is 1. The van der Waals surface area contributed by atoms with Gasteiger partial charge in [0, 0.05) is 11.8 Å². The highest BCUT2D eigenvalue weighted by Gasteiger charge is 2.13. The Morgan fingerprint density at radius 1 is 1.39 bits per heavy atom. The number of ketones is 1. The van der Waals surface area contributed by atoms with Crippen molar-refractivity contribution in [3.63, 3.8) is 0 Å². The van der Waals surface area contributed by atoms with E-state index in [1.165, 1.54) is 5.56 Å². The smallest absolute Gasteiger partial charge is 0.198 e. The summed E-state index contributed by atoms with van der Waals surface area (Å²) in [6, 6.07) is 7.75. The zero-order valence-corrected chi connectivity index (χ0v) is 10.9. The Kier molecular flexibility index (Phi) is 3.82. The van der Waals surface area contributed by atoms with Crippen molar-refractivity contribution in [1.29, 1.82) is 0 Å². The Bertz CT molecular complexity index is 557. The van der Waals surface area contributed by atoms with Gasteiger partial charge >= 0.3 is 0 Å². The zero-order chi connectivity index (χ0) is 13.1. The first kappa shape index (κ1) is 12.8. The van der Waals surface area contributed by atoms with E-state index in [9.17, 15) is 4.79 Å². The lowest BCUT2D eigenvalue weighted by Gasteiger charge is -2.05. The maximum atomic E-state index is 12.0. The third-order valence-electron chi connectivity index (χ3n) is 3.21. The summed E-state index contributed by atoms with van der Waals surface area (Å²) in [7, 11) is 0. The summed E-state index contributed by atoms with van der Waals surface area (Å²) in [5.74, 6) is 0.893. The van der Waals surface area contributed by atoms with Crippen molar-refractivity contribution in [3.05, 3.63) is 35.6 Å². The number of furan rings is 1. The maximum Gasteiger partial charge on any atom is 0.198 e. The second-order valence-electron chi connectivity index (χ2n) is 4.95. The van der Waals surface area contributed by atoms with E-state index in [-0.39, 0.29) is 5.78 Å². The molecule has 1 heterocycles. The third-order valence-corrected chi connectivity index (χ3v) is 3.21. The van der Waals surface area contributed by atoms with Gasteiger partial charge in [-0.1, -0.05) is 18.6 Å². The fourth-order valence-electron chi connectivity index (χ4n) is 1.92. The molecule has 2 N–H and O–H groups in total. The van der Waals surface area contributed by atoms with Crippen molar-refractivity contribution in [2.45, 2.75) is 26.7 Å².